The van der Waals surface area contributed by atoms with Gasteiger partial charge in [0, 0.05) is 19.5 Å². The molecule has 0 aromatic heterocycles. The van der Waals surface area contributed by atoms with E-state index in [4.69, 9.17) is 5.11 Å². The van der Waals surface area contributed by atoms with Gasteiger partial charge < -0.3 is 5.11 Å². The Morgan fingerprint density at radius 2 is 1.68 bits per heavy atom. The smallest absolute Gasteiger partial charge is 0.303 e. The van der Waals surface area contributed by atoms with Gasteiger partial charge in [0.05, 0.1) is 5.25 Å². The molecule has 5 nitrogen and oxygen atoms in total. The highest BCUT2D eigenvalue weighted by molar-refractivity contribution is 7.89. The van der Waals surface area contributed by atoms with Crippen LogP contribution in [0.5, 0.6) is 0 Å². The van der Waals surface area contributed by atoms with Crippen molar-refractivity contribution in [2.75, 3.05) is 13.1 Å². The third-order valence-electron chi connectivity index (χ3n) is 4.42. The molecule has 2 fully saturated rings. The first-order valence-corrected chi connectivity index (χ1v) is 8.71. The number of piperidine rings is 1. The first-order valence-electron chi connectivity index (χ1n) is 7.21. The molecule has 1 saturated carbocycles. The van der Waals surface area contributed by atoms with Gasteiger partial charge in [-0.15, -0.1) is 0 Å². The van der Waals surface area contributed by atoms with Gasteiger partial charge in [-0.3, -0.25) is 4.79 Å². The number of hydrogen-bond donors (Lipinski definition) is 1. The molecule has 2 aliphatic rings. The third-order valence-corrected chi connectivity index (χ3v) is 6.82. The van der Waals surface area contributed by atoms with E-state index in [0.29, 0.717) is 25.4 Å². The summed E-state index contributed by atoms with van der Waals surface area (Å²) in [7, 11) is -3.10. The molecule has 1 heterocycles. The Morgan fingerprint density at radius 1 is 1.11 bits per heavy atom. The minimum atomic E-state index is -3.10. The molecule has 2 rings (SSSR count). The lowest BCUT2D eigenvalue weighted by Gasteiger charge is -2.32. The summed E-state index contributed by atoms with van der Waals surface area (Å²) in [5.74, 6) is -0.396. The minimum Gasteiger partial charge on any atom is -0.481 e. The summed E-state index contributed by atoms with van der Waals surface area (Å²) in [5, 5.41) is 8.50. The van der Waals surface area contributed by atoms with Gasteiger partial charge in [0.15, 0.2) is 0 Å². The predicted octanol–water partition coefficient (Wildman–Crippen LogP) is 1.84. The van der Waals surface area contributed by atoms with Crippen molar-refractivity contribution >= 4 is 16.0 Å². The standard InChI is InChI=1S/C13H23NO4S/c15-13(16)6-5-11-7-9-14(10-8-11)19(17,18)12-3-1-2-4-12/h11-12H,1-10H2,(H,15,16). The molecule has 19 heavy (non-hydrogen) atoms. The molecule has 0 amide bonds. The number of carbonyl (C=O) groups is 1. The van der Waals surface area contributed by atoms with Gasteiger partial charge in [-0.05, 0) is 38.0 Å². The zero-order chi connectivity index (χ0) is 13.9. The molecule has 1 saturated heterocycles. The molecule has 110 valence electrons. The molecule has 1 aliphatic carbocycles. The van der Waals surface area contributed by atoms with Crippen molar-refractivity contribution in [3.63, 3.8) is 0 Å². The van der Waals surface area contributed by atoms with Crippen LogP contribution in [0.3, 0.4) is 0 Å². The molecule has 0 spiro atoms. The SMILES string of the molecule is O=C(O)CCC1CCN(S(=O)(=O)C2CCCC2)CC1. The van der Waals surface area contributed by atoms with Crippen molar-refractivity contribution in [2.45, 2.75) is 56.6 Å². The average molecular weight is 289 g/mol. The van der Waals surface area contributed by atoms with Crippen molar-refractivity contribution in [2.24, 2.45) is 5.92 Å². The van der Waals surface area contributed by atoms with Crippen LogP contribution in [0.1, 0.15) is 51.4 Å². The summed E-state index contributed by atoms with van der Waals surface area (Å²) < 4.78 is 26.4. The normalized spacial score (nSPS) is 23.8. The number of carboxylic acid groups (broad SMARTS) is 1. The maximum absolute atomic E-state index is 12.4. The third kappa shape index (κ3) is 3.69. The number of carboxylic acids is 1. The second-order valence-corrected chi connectivity index (χ2v) is 7.94. The van der Waals surface area contributed by atoms with Crippen molar-refractivity contribution in [1.82, 2.24) is 4.31 Å². The van der Waals surface area contributed by atoms with E-state index in [9.17, 15) is 13.2 Å². The van der Waals surface area contributed by atoms with Gasteiger partial charge >= 0.3 is 5.97 Å². The van der Waals surface area contributed by atoms with E-state index < -0.39 is 16.0 Å². The van der Waals surface area contributed by atoms with Gasteiger partial charge in [0.2, 0.25) is 10.0 Å². The second-order valence-electron chi connectivity index (χ2n) is 5.73. The van der Waals surface area contributed by atoms with Crippen molar-refractivity contribution in [1.29, 1.82) is 0 Å². The molecule has 1 aliphatic heterocycles. The van der Waals surface area contributed by atoms with E-state index in [-0.39, 0.29) is 11.7 Å². The summed E-state index contributed by atoms with van der Waals surface area (Å²) >= 11 is 0. The van der Waals surface area contributed by atoms with Gasteiger partial charge in [0.1, 0.15) is 0 Å². The van der Waals surface area contributed by atoms with E-state index in [0.717, 1.165) is 38.5 Å². The van der Waals surface area contributed by atoms with E-state index in [1.54, 1.807) is 4.31 Å². The van der Waals surface area contributed by atoms with Crippen LogP contribution in [0, 0.1) is 5.92 Å². The van der Waals surface area contributed by atoms with Crippen LogP contribution < -0.4 is 0 Å². The molecular formula is C13H23NO4S. The van der Waals surface area contributed by atoms with Crippen molar-refractivity contribution in [3.8, 4) is 0 Å². The summed E-state index contributed by atoms with van der Waals surface area (Å²) in [6.45, 7) is 1.15. The highest BCUT2D eigenvalue weighted by Gasteiger charge is 2.35. The summed E-state index contributed by atoms with van der Waals surface area (Å²) in [6, 6.07) is 0. The number of rotatable bonds is 5. The number of aliphatic carboxylic acids is 1. The van der Waals surface area contributed by atoms with E-state index in [1.807, 2.05) is 0 Å². The Kier molecular flexibility index (Phi) is 4.84. The Morgan fingerprint density at radius 3 is 2.21 bits per heavy atom. The molecule has 0 radical (unpaired) electrons. The van der Waals surface area contributed by atoms with Crippen LogP contribution in [0.2, 0.25) is 0 Å². The lowest BCUT2D eigenvalue weighted by Crippen LogP contribution is -2.42. The summed E-state index contributed by atoms with van der Waals surface area (Å²) in [5.41, 5.74) is 0. The topological polar surface area (TPSA) is 74.7 Å². The molecule has 0 unspecified atom stereocenters. The molecule has 0 aromatic carbocycles. The summed E-state index contributed by atoms with van der Waals surface area (Å²) in [6.07, 6.45) is 6.14. The van der Waals surface area contributed by atoms with Crippen molar-refractivity contribution in [3.05, 3.63) is 0 Å². The molecular weight excluding hydrogens is 266 g/mol. The first-order chi connectivity index (χ1) is 9.00. The Hall–Kier alpha value is -0.620. The number of sulfonamides is 1. The van der Waals surface area contributed by atoms with Crippen LogP contribution in [0.15, 0.2) is 0 Å². The van der Waals surface area contributed by atoms with Crippen LogP contribution >= 0.6 is 0 Å². The second kappa shape index (κ2) is 6.22. The van der Waals surface area contributed by atoms with Crippen LogP contribution in [0.25, 0.3) is 0 Å². The van der Waals surface area contributed by atoms with Gasteiger partial charge in [-0.1, -0.05) is 12.8 Å². The number of nitrogens with zero attached hydrogens (tertiary/aromatic N) is 1. The number of hydrogen-bond acceptors (Lipinski definition) is 3. The molecule has 0 aromatic rings. The molecule has 0 bridgehead atoms. The lowest BCUT2D eigenvalue weighted by atomic mass is 9.93. The predicted molar refractivity (Wildman–Crippen MR) is 72.3 cm³/mol. The fraction of sp³-hybridized carbons (Fsp3) is 0.923. The van der Waals surface area contributed by atoms with Gasteiger partial charge in [-0.2, -0.15) is 0 Å². The molecule has 6 heteroatoms. The largest absolute Gasteiger partial charge is 0.481 e. The Balaban J connectivity index is 1.83. The fourth-order valence-corrected chi connectivity index (χ4v) is 5.25. The molecule has 0 atom stereocenters. The fourth-order valence-electron chi connectivity index (χ4n) is 3.18. The quantitative estimate of drug-likeness (QED) is 0.838. The lowest BCUT2D eigenvalue weighted by molar-refractivity contribution is -0.137. The average Bonchev–Trinajstić information content (AvgIpc) is 2.91. The van der Waals surface area contributed by atoms with E-state index in [2.05, 4.69) is 0 Å². The van der Waals surface area contributed by atoms with Crippen LogP contribution in [0.4, 0.5) is 0 Å². The summed E-state index contributed by atoms with van der Waals surface area (Å²) in [4.78, 5) is 10.5. The van der Waals surface area contributed by atoms with Gasteiger partial charge in [-0.25, -0.2) is 12.7 Å². The van der Waals surface area contributed by atoms with Crippen LogP contribution in [-0.4, -0.2) is 42.1 Å². The monoisotopic (exact) mass is 289 g/mol. The zero-order valence-electron chi connectivity index (χ0n) is 11.3. The molecule has 1 N–H and O–H groups in total. The Labute approximate surface area is 115 Å². The maximum Gasteiger partial charge on any atom is 0.303 e. The first kappa shape index (κ1) is 14.8. The van der Waals surface area contributed by atoms with E-state index >= 15 is 0 Å². The van der Waals surface area contributed by atoms with Crippen molar-refractivity contribution < 1.29 is 18.3 Å². The zero-order valence-corrected chi connectivity index (χ0v) is 12.1. The highest BCUT2D eigenvalue weighted by atomic mass is 32.2. The highest BCUT2D eigenvalue weighted by Crippen LogP contribution is 2.30. The Bertz CT molecular complexity index is 406. The van der Waals surface area contributed by atoms with Gasteiger partial charge in [0.25, 0.3) is 0 Å². The van der Waals surface area contributed by atoms with E-state index in [1.165, 1.54) is 0 Å². The maximum atomic E-state index is 12.4. The van der Waals surface area contributed by atoms with Crippen LogP contribution in [-0.2, 0) is 14.8 Å². The minimum absolute atomic E-state index is 0.164.